The molecule has 0 aliphatic carbocycles. The van der Waals surface area contributed by atoms with Gasteiger partial charge in [-0.05, 0) is 18.6 Å². The molecule has 3 N–H and O–H groups in total. The molecule has 0 atom stereocenters. The van der Waals surface area contributed by atoms with Crippen LogP contribution >= 0.6 is 11.6 Å². The van der Waals surface area contributed by atoms with Gasteiger partial charge in [-0.1, -0.05) is 11.6 Å². The van der Waals surface area contributed by atoms with E-state index in [2.05, 4.69) is 0 Å². The summed E-state index contributed by atoms with van der Waals surface area (Å²) >= 11 is 5.47. The minimum Gasteiger partial charge on any atom is -0.504 e. The van der Waals surface area contributed by atoms with Crippen LogP contribution in [0.5, 0.6) is 17.2 Å². The molecular formula is C7H7ClO3. The summed E-state index contributed by atoms with van der Waals surface area (Å²) in [6, 6.07) is 1.37. The van der Waals surface area contributed by atoms with Crippen LogP contribution in [0.15, 0.2) is 6.07 Å². The maximum Gasteiger partial charge on any atom is 0.202 e. The number of hydrogen-bond donors (Lipinski definition) is 3. The van der Waals surface area contributed by atoms with Crippen molar-refractivity contribution < 1.29 is 15.3 Å². The van der Waals surface area contributed by atoms with Crippen molar-refractivity contribution >= 4 is 11.6 Å². The highest BCUT2D eigenvalue weighted by Gasteiger charge is 2.11. The van der Waals surface area contributed by atoms with E-state index in [9.17, 15) is 0 Å². The smallest absolute Gasteiger partial charge is 0.202 e. The van der Waals surface area contributed by atoms with Crippen LogP contribution < -0.4 is 0 Å². The van der Waals surface area contributed by atoms with Gasteiger partial charge in [0.2, 0.25) is 5.75 Å². The second kappa shape index (κ2) is 2.51. The van der Waals surface area contributed by atoms with Crippen LogP contribution in [0, 0.1) is 6.92 Å². The van der Waals surface area contributed by atoms with E-state index in [4.69, 9.17) is 26.9 Å². The van der Waals surface area contributed by atoms with Gasteiger partial charge < -0.3 is 15.3 Å². The summed E-state index contributed by atoms with van der Waals surface area (Å²) < 4.78 is 0. The zero-order valence-electron chi connectivity index (χ0n) is 5.80. The molecule has 1 rings (SSSR count). The Balaban J connectivity index is 3.46. The fraction of sp³-hybridized carbons (Fsp3) is 0.143. The maximum absolute atomic E-state index is 9.04. The van der Waals surface area contributed by atoms with Crippen molar-refractivity contribution in [2.45, 2.75) is 6.92 Å². The number of benzene rings is 1. The normalized spacial score (nSPS) is 10.0. The summed E-state index contributed by atoms with van der Waals surface area (Å²) in [6.45, 7) is 1.57. The first-order chi connectivity index (χ1) is 5.04. The monoisotopic (exact) mass is 174 g/mol. The number of hydrogen-bond acceptors (Lipinski definition) is 3. The number of aryl methyl sites for hydroxylation is 1. The third-order valence-electron chi connectivity index (χ3n) is 1.39. The Morgan fingerprint density at radius 1 is 1.09 bits per heavy atom. The molecule has 0 heterocycles. The number of phenols is 3. The summed E-state index contributed by atoms with van der Waals surface area (Å²) in [6.07, 6.45) is 0. The Morgan fingerprint density at radius 2 is 1.64 bits per heavy atom. The van der Waals surface area contributed by atoms with Crippen LogP contribution in [0.25, 0.3) is 0 Å². The van der Waals surface area contributed by atoms with Crippen LogP contribution in [0.3, 0.4) is 0 Å². The van der Waals surface area contributed by atoms with Crippen LogP contribution in [0.4, 0.5) is 0 Å². The number of halogens is 1. The summed E-state index contributed by atoms with van der Waals surface area (Å²) in [5, 5.41) is 27.0. The van der Waals surface area contributed by atoms with Crippen molar-refractivity contribution in [2.24, 2.45) is 0 Å². The molecule has 0 bridgehead atoms. The molecular weight excluding hydrogens is 168 g/mol. The largest absolute Gasteiger partial charge is 0.504 e. The van der Waals surface area contributed by atoms with Crippen LogP contribution in [-0.2, 0) is 0 Å². The van der Waals surface area contributed by atoms with Gasteiger partial charge in [0.05, 0.1) is 5.02 Å². The lowest BCUT2D eigenvalue weighted by Crippen LogP contribution is -1.78. The van der Waals surface area contributed by atoms with E-state index in [1.54, 1.807) is 6.92 Å². The van der Waals surface area contributed by atoms with Crippen molar-refractivity contribution in [1.29, 1.82) is 0 Å². The lowest BCUT2D eigenvalue weighted by Gasteiger charge is -2.04. The SMILES string of the molecule is Cc1cc(Cl)c(O)c(O)c1O. The van der Waals surface area contributed by atoms with E-state index in [1.165, 1.54) is 6.07 Å². The number of phenolic OH excluding ortho intramolecular Hbond substituents is 3. The van der Waals surface area contributed by atoms with Crippen molar-refractivity contribution in [3.8, 4) is 17.2 Å². The van der Waals surface area contributed by atoms with Gasteiger partial charge in [-0.25, -0.2) is 0 Å². The lowest BCUT2D eigenvalue weighted by atomic mass is 10.2. The Hall–Kier alpha value is -1.09. The number of rotatable bonds is 0. The highest BCUT2D eigenvalue weighted by Crippen LogP contribution is 2.41. The Morgan fingerprint density at radius 3 is 2.18 bits per heavy atom. The van der Waals surface area contributed by atoms with Gasteiger partial charge in [0.15, 0.2) is 11.5 Å². The molecule has 1 aromatic rings. The van der Waals surface area contributed by atoms with E-state index in [0.717, 1.165) is 0 Å². The van der Waals surface area contributed by atoms with Crippen molar-refractivity contribution in [1.82, 2.24) is 0 Å². The molecule has 0 amide bonds. The number of aromatic hydroxyl groups is 3. The van der Waals surface area contributed by atoms with Crippen molar-refractivity contribution in [3.05, 3.63) is 16.7 Å². The van der Waals surface area contributed by atoms with Gasteiger partial charge in [0.1, 0.15) is 0 Å². The van der Waals surface area contributed by atoms with Gasteiger partial charge >= 0.3 is 0 Å². The average molecular weight is 175 g/mol. The molecule has 0 radical (unpaired) electrons. The molecule has 0 aromatic heterocycles. The zero-order valence-corrected chi connectivity index (χ0v) is 6.55. The highest BCUT2D eigenvalue weighted by molar-refractivity contribution is 6.32. The zero-order chi connectivity index (χ0) is 8.59. The third-order valence-corrected chi connectivity index (χ3v) is 1.68. The average Bonchev–Trinajstić information content (AvgIpc) is 1.97. The minimum absolute atomic E-state index is 0.0257. The van der Waals surface area contributed by atoms with Crippen LogP contribution in [-0.4, -0.2) is 15.3 Å². The van der Waals surface area contributed by atoms with Gasteiger partial charge in [0, 0.05) is 0 Å². The summed E-state index contributed by atoms with van der Waals surface area (Å²) in [4.78, 5) is 0. The molecule has 0 saturated carbocycles. The summed E-state index contributed by atoms with van der Waals surface area (Å²) in [5.74, 6) is -1.41. The first kappa shape index (κ1) is 8.01. The second-order valence-electron chi connectivity index (χ2n) is 2.22. The molecule has 0 aliphatic heterocycles. The molecule has 0 unspecified atom stereocenters. The first-order valence-electron chi connectivity index (χ1n) is 2.94. The molecule has 60 valence electrons. The Bertz CT molecular complexity index is 270. The molecule has 3 nitrogen and oxygen atoms in total. The molecule has 0 spiro atoms. The first-order valence-corrected chi connectivity index (χ1v) is 3.32. The molecule has 0 aliphatic rings. The van der Waals surface area contributed by atoms with E-state index in [1.807, 2.05) is 0 Å². The second-order valence-corrected chi connectivity index (χ2v) is 2.63. The van der Waals surface area contributed by atoms with Crippen LogP contribution in [0.1, 0.15) is 5.56 Å². The summed E-state index contributed by atoms with van der Waals surface area (Å²) in [7, 11) is 0. The van der Waals surface area contributed by atoms with Crippen molar-refractivity contribution in [3.63, 3.8) is 0 Å². The van der Waals surface area contributed by atoms with E-state index >= 15 is 0 Å². The summed E-state index contributed by atoms with van der Waals surface area (Å²) in [5.41, 5.74) is 0.422. The fourth-order valence-electron chi connectivity index (χ4n) is 0.739. The molecule has 4 heteroatoms. The third kappa shape index (κ3) is 1.19. The quantitative estimate of drug-likeness (QED) is 0.526. The maximum atomic E-state index is 9.04. The Labute approximate surface area is 68.5 Å². The molecule has 1 aromatic carbocycles. The highest BCUT2D eigenvalue weighted by atomic mass is 35.5. The predicted molar refractivity (Wildman–Crippen MR) is 41.2 cm³/mol. The van der Waals surface area contributed by atoms with Gasteiger partial charge in [-0.15, -0.1) is 0 Å². The van der Waals surface area contributed by atoms with Crippen molar-refractivity contribution in [2.75, 3.05) is 0 Å². The van der Waals surface area contributed by atoms with E-state index in [-0.39, 0.29) is 10.8 Å². The molecule has 0 fully saturated rings. The lowest BCUT2D eigenvalue weighted by molar-refractivity contribution is 0.366. The van der Waals surface area contributed by atoms with E-state index in [0.29, 0.717) is 5.56 Å². The fourth-order valence-corrected chi connectivity index (χ4v) is 0.992. The molecule has 11 heavy (non-hydrogen) atoms. The topological polar surface area (TPSA) is 60.7 Å². The van der Waals surface area contributed by atoms with Gasteiger partial charge in [-0.3, -0.25) is 0 Å². The van der Waals surface area contributed by atoms with Gasteiger partial charge in [0.25, 0.3) is 0 Å². The minimum atomic E-state index is -0.574. The van der Waals surface area contributed by atoms with E-state index < -0.39 is 11.5 Å². The standard InChI is InChI=1S/C7H7ClO3/c1-3-2-4(8)6(10)7(11)5(3)9/h2,9-11H,1H3. The van der Waals surface area contributed by atoms with Crippen LogP contribution in [0.2, 0.25) is 5.02 Å². The molecule has 0 saturated heterocycles. The predicted octanol–water partition coefficient (Wildman–Crippen LogP) is 1.77. The van der Waals surface area contributed by atoms with Gasteiger partial charge in [-0.2, -0.15) is 0 Å². The Kier molecular flexibility index (Phi) is 1.83.